The number of carboxylic acids is 4. The van der Waals surface area contributed by atoms with Crippen LogP contribution in [-0.2, 0) is 41.9 Å². The Balaban J connectivity index is 1.47. The molecule has 1 aliphatic heterocycles. The molecule has 3 amide bonds. The molecule has 318 valence electrons. The molecule has 1 atom stereocenters. The third-order valence-corrected chi connectivity index (χ3v) is 9.89. The average molecular weight is 878 g/mol. The number of nitrogens with one attached hydrogen (secondary N) is 3. The molecule has 1 aromatic carbocycles. The van der Waals surface area contributed by atoms with Gasteiger partial charge in [0.15, 0.2) is 0 Å². The van der Waals surface area contributed by atoms with Gasteiger partial charge in [-0.05, 0) is 64.5 Å². The fraction of sp³-hybridized carbons (Fsp3) is 0.526. The van der Waals surface area contributed by atoms with Crippen LogP contribution in [0.3, 0.4) is 0 Å². The predicted molar refractivity (Wildman–Crippen MR) is 213 cm³/mol. The van der Waals surface area contributed by atoms with Crippen LogP contribution in [0.25, 0.3) is 0 Å². The van der Waals surface area contributed by atoms with Gasteiger partial charge in [0.25, 0.3) is 5.91 Å². The molecule has 2 aromatic rings. The molecule has 1 aromatic heterocycles. The normalized spacial score (nSPS) is 15.6. The highest BCUT2D eigenvalue weighted by Crippen LogP contribution is 2.12. The first-order valence-electron chi connectivity index (χ1n) is 19.0. The number of amides is 3. The molecule has 58 heavy (non-hydrogen) atoms. The summed E-state index contributed by atoms with van der Waals surface area (Å²) in [5, 5.41) is 47.0. The van der Waals surface area contributed by atoms with Gasteiger partial charge in [0, 0.05) is 96.6 Å². The summed E-state index contributed by atoms with van der Waals surface area (Å²) in [6.45, 7) is 1.19. The summed E-state index contributed by atoms with van der Waals surface area (Å²) >= 11 is 3.27. The third kappa shape index (κ3) is 18.9. The zero-order chi connectivity index (χ0) is 42.5. The number of aromatic nitrogens is 1. The number of hydrogen-bond acceptors (Lipinski definition) is 12. The molecule has 0 saturated carbocycles. The van der Waals surface area contributed by atoms with E-state index in [0.717, 1.165) is 5.56 Å². The minimum Gasteiger partial charge on any atom is -0.480 e. The lowest BCUT2D eigenvalue weighted by molar-refractivity contribution is -0.145. The van der Waals surface area contributed by atoms with Crippen LogP contribution in [0.4, 0.5) is 0 Å². The summed E-state index contributed by atoms with van der Waals surface area (Å²) in [6, 6.07) is 9.19. The lowest BCUT2D eigenvalue weighted by Crippen LogP contribution is -2.52. The number of pyridine rings is 1. The zero-order valence-corrected chi connectivity index (χ0v) is 33.9. The number of carboxylic acid groups (broad SMARTS) is 4. The number of benzene rings is 1. The van der Waals surface area contributed by atoms with Gasteiger partial charge in [0.2, 0.25) is 11.8 Å². The van der Waals surface area contributed by atoms with Crippen molar-refractivity contribution in [2.24, 2.45) is 0 Å². The van der Waals surface area contributed by atoms with E-state index in [1.807, 2.05) is 6.07 Å². The average Bonchev–Trinajstić information content (AvgIpc) is 3.16. The Morgan fingerprint density at radius 1 is 0.621 bits per heavy atom. The van der Waals surface area contributed by atoms with Crippen molar-refractivity contribution < 1.29 is 54.0 Å². The van der Waals surface area contributed by atoms with Crippen molar-refractivity contribution in [3.8, 4) is 0 Å². The van der Waals surface area contributed by atoms with Crippen molar-refractivity contribution in [3.63, 3.8) is 0 Å². The third-order valence-electron chi connectivity index (χ3n) is 9.42. The highest BCUT2D eigenvalue weighted by atomic mass is 79.9. The van der Waals surface area contributed by atoms with Crippen molar-refractivity contribution in [2.45, 2.75) is 51.2 Å². The largest absolute Gasteiger partial charge is 0.480 e. The smallest absolute Gasteiger partial charge is 0.320 e. The van der Waals surface area contributed by atoms with Gasteiger partial charge in [-0.25, -0.2) is 4.98 Å². The molecule has 0 spiro atoms. The second kappa shape index (κ2) is 25.4. The fourth-order valence-electron chi connectivity index (χ4n) is 6.22. The molecule has 1 aliphatic rings. The van der Waals surface area contributed by atoms with E-state index in [1.165, 1.54) is 0 Å². The topological polar surface area (TPSA) is 262 Å². The molecule has 1 unspecified atom stereocenters. The Kier molecular flexibility index (Phi) is 20.7. The van der Waals surface area contributed by atoms with Crippen molar-refractivity contribution >= 4 is 57.5 Å². The summed E-state index contributed by atoms with van der Waals surface area (Å²) in [5.74, 6) is -5.23. The van der Waals surface area contributed by atoms with E-state index < -0.39 is 35.8 Å². The van der Waals surface area contributed by atoms with E-state index in [9.17, 15) is 54.0 Å². The van der Waals surface area contributed by atoms with E-state index in [-0.39, 0.29) is 103 Å². The highest BCUT2D eigenvalue weighted by molar-refractivity contribution is 9.10. The second-order valence-corrected chi connectivity index (χ2v) is 14.7. The van der Waals surface area contributed by atoms with Crippen LogP contribution in [0.5, 0.6) is 0 Å². The van der Waals surface area contributed by atoms with E-state index in [4.69, 9.17) is 0 Å². The predicted octanol–water partition coefficient (Wildman–Crippen LogP) is 0.386. The molecular weight excluding hydrogens is 824 g/mol. The van der Waals surface area contributed by atoms with Crippen LogP contribution in [0.1, 0.15) is 53.6 Å². The number of halogens is 1. The zero-order valence-electron chi connectivity index (χ0n) is 32.3. The Morgan fingerprint density at radius 2 is 1.10 bits per heavy atom. The molecule has 19 nitrogen and oxygen atoms in total. The Hall–Kier alpha value is -5.02. The van der Waals surface area contributed by atoms with Crippen LogP contribution < -0.4 is 16.0 Å². The first-order valence-corrected chi connectivity index (χ1v) is 19.8. The Bertz CT molecular complexity index is 1650. The number of carbonyl (C=O) groups excluding carboxylic acids is 3. The van der Waals surface area contributed by atoms with Gasteiger partial charge >= 0.3 is 23.9 Å². The van der Waals surface area contributed by atoms with Gasteiger partial charge in [0.1, 0.15) is 10.6 Å². The van der Waals surface area contributed by atoms with Gasteiger partial charge in [-0.15, -0.1) is 0 Å². The number of carbonyl (C=O) groups is 7. The van der Waals surface area contributed by atoms with Crippen molar-refractivity contribution in [1.29, 1.82) is 0 Å². The van der Waals surface area contributed by atoms with Crippen molar-refractivity contribution in [1.82, 2.24) is 40.5 Å². The minimum atomic E-state index is -1.19. The van der Waals surface area contributed by atoms with Crippen LogP contribution in [-0.4, -0.2) is 171 Å². The molecule has 1 saturated heterocycles. The maximum Gasteiger partial charge on any atom is 0.320 e. The Labute approximate surface area is 344 Å². The van der Waals surface area contributed by atoms with Gasteiger partial charge in [-0.1, -0.05) is 18.2 Å². The number of unbranched alkanes of at least 4 members (excludes halogenated alkanes) is 1. The molecule has 0 bridgehead atoms. The van der Waals surface area contributed by atoms with Crippen LogP contribution in [0.15, 0.2) is 47.2 Å². The summed E-state index contributed by atoms with van der Waals surface area (Å²) in [6.07, 6.45) is 3.01. The quantitative estimate of drug-likeness (QED) is 0.0661. The van der Waals surface area contributed by atoms with Crippen molar-refractivity contribution in [3.05, 3.63) is 63.9 Å². The van der Waals surface area contributed by atoms with Crippen LogP contribution in [0.2, 0.25) is 0 Å². The molecule has 0 radical (unpaired) electrons. The maximum absolute atomic E-state index is 12.9. The van der Waals surface area contributed by atoms with E-state index in [0.29, 0.717) is 48.1 Å². The summed E-state index contributed by atoms with van der Waals surface area (Å²) in [4.78, 5) is 95.3. The summed E-state index contributed by atoms with van der Waals surface area (Å²) in [5.41, 5.74) is 2.03. The van der Waals surface area contributed by atoms with Crippen LogP contribution >= 0.6 is 15.9 Å². The number of rotatable bonds is 21. The van der Waals surface area contributed by atoms with E-state index in [1.54, 1.807) is 56.1 Å². The SMILES string of the molecule is O=C(O)CN1CCN(CC(=O)O)CCN(C(CCC(=O)NCc2ccc(C(=O)NCCCCC(=O)NCc3ccc(Br)nc3)cc2)C(=O)O)CCN(CC(=O)O)CC1. The van der Waals surface area contributed by atoms with Crippen LogP contribution in [0, 0.1) is 0 Å². The standard InChI is InChI=1S/C38H53BrN8O11/c39-31-10-6-28(22-41-31)23-43-32(48)3-1-2-12-40-37(56)29-7-4-27(5-8-29)21-42-33(49)11-9-30(38(57)58)47-19-17-45(25-35(52)53)15-13-44(24-34(50)51)14-16-46(18-20-47)26-36(54)55/h4-8,10,22,30H,1-3,9,11-21,23-26H2,(H,40,56)(H,42,49)(H,43,48)(H,50,51)(H,52,53)(H,54,55)(H,57,58). The van der Waals surface area contributed by atoms with Gasteiger partial charge in [0.05, 0.1) is 19.6 Å². The highest BCUT2D eigenvalue weighted by Gasteiger charge is 2.28. The lowest BCUT2D eigenvalue weighted by Gasteiger charge is -2.35. The number of aliphatic carboxylic acids is 4. The first kappa shape index (κ1) is 47.4. The number of hydrogen-bond donors (Lipinski definition) is 7. The lowest BCUT2D eigenvalue weighted by atomic mass is 10.1. The van der Waals surface area contributed by atoms with Crippen molar-refractivity contribution in [2.75, 3.05) is 78.5 Å². The summed E-state index contributed by atoms with van der Waals surface area (Å²) in [7, 11) is 0. The first-order chi connectivity index (χ1) is 27.7. The monoisotopic (exact) mass is 876 g/mol. The molecule has 2 heterocycles. The van der Waals surface area contributed by atoms with Gasteiger partial charge in [-0.3, -0.25) is 53.2 Å². The molecule has 1 fully saturated rings. The minimum absolute atomic E-state index is 0.0705. The number of nitrogens with zero attached hydrogens (tertiary/aromatic N) is 5. The fourth-order valence-corrected chi connectivity index (χ4v) is 6.45. The van der Waals surface area contributed by atoms with E-state index >= 15 is 0 Å². The second-order valence-electron chi connectivity index (χ2n) is 13.9. The molecular formula is C38H53BrN8O11. The molecule has 3 rings (SSSR count). The maximum atomic E-state index is 12.9. The van der Waals surface area contributed by atoms with Gasteiger partial charge < -0.3 is 36.4 Å². The molecule has 20 heteroatoms. The molecule has 0 aliphatic carbocycles. The van der Waals surface area contributed by atoms with Gasteiger partial charge in [-0.2, -0.15) is 0 Å². The molecule has 7 N–H and O–H groups in total. The summed E-state index contributed by atoms with van der Waals surface area (Å²) < 4.78 is 0.717. The van der Waals surface area contributed by atoms with E-state index in [2.05, 4.69) is 36.9 Å². The Morgan fingerprint density at radius 3 is 1.59 bits per heavy atom.